The fourth-order valence-electron chi connectivity index (χ4n) is 3.66. The Hall–Kier alpha value is -2.42. The smallest absolute Gasteiger partial charge is 0.155 e. The minimum Gasteiger partial charge on any atom is -0.356 e. The molecule has 3 heterocycles. The summed E-state index contributed by atoms with van der Waals surface area (Å²) in [6, 6.07) is 6.01. The van der Waals surface area contributed by atoms with Crippen LogP contribution < -0.4 is 4.90 Å². The van der Waals surface area contributed by atoms with E-state index in [4.69, 9.17) is 5.26 Å². The molecule has 2 fully saturated rings. The molecule has 1 aliphatic carbocycles. The van der Waals surface area contributed by atoms with Crippen LogP contribution in [-0.4, -0.2) is 33.3 Å². The lowest BCUT2D eigenvalue weighted by molar-refractivity contribution is 0.445. The summed E-state index contributed by atoms with van der Waals surface area (Å²) >= 11 is 0. The largest absolute Gasteiger partial charge is 0.356 e. The average Bonchev–Trinajstić information content (AvgIpc) is 3.14. The van der Waals surface area contributed by atoms with E-state index in [0.717, 1.165) is 42.2 Å². The Morgan fingerprint density at radius 1 is 1.22 bits per heavy atom. The first-order valence-electron chi connectivity index (χ1n) is 8.17. The molecule has 6 heteroatoms. The number of nitrogens with zero attached hydrogens (tertiary/aromatic N) is 5. The normalized spacial score (nSPS) is 24.0. The van der Waals surface area contributed by atoms with E-state index >= 15 is 0 Å². The van der Waals surface area contributed by atoms with Crippen molar-refractivity contribution in [2.45, 2.75) is 32.6 Å². The summed E-state index contributed by atoms with van der Waals surface area (Å²) in [5.41, 5.74) is 1.44. The van der Waals surface area contributed by atoms with Crippen LogP contribution >= 0.6 is 0 Å². The molecule has 118 valence electrons. The maximum absolute atomic E-state index is 9.07. The molecule has 0 unspecified atom stereocenters. The lowest BCUT2D eigenvalue weighted by Gasteiger charge is -2.18. The lowest BCUT2D eigenvalue weighted by atomic mass is 9.91. The van der Waals surface area contributed by atoms with Gasteiger partial charge in [0.2, 0.25) is 0 Å². The predicted molar refractivity (Wildman–Crippen MR) is 86.0 cm³/mol. The van der Waals surface area contributed by atoms with E-state index < -0.39 is 0 Å². The minimum absolute atomic E-state index is 0.366. The Morgan fingerprint density at radius 3 is 2.65 bits per heavy atom. The molecule has 1 saturated carbocycles. The molecule has 0 spiro atoms. The third kappa shape index (κ3) is 2.56. The second kappa shape index (κ2) is 5.34. The Kier molecular flexibility index (Phi) is 3.29. The Balaban J connectivity index is 1.61. The minimum atomic E-state index is 0.366. The molecule has 0 aromatic carbocycles. The van der Waals surface area contributed by atoms with Crippen LogP contribution in [-0.2, 0) is 0 Å². The number of nitrogens with one attached hydrogen (secondary N) is 1. The van der Waals surface area contributed by atoms with Gasteiger partial charge in [0, 0.05) is 19.0 Å². The van der Waals surface area contributed by atoms with Crippen molar-refractivity contribution in [1.82, 2.24) is 20.2 Å². The first-order chi connectivity index (χ1) is 11.2. The molecule has 0 radical (unpaired) electrons. The molecule has 0 bridgehead atoms. The van der Waals surface area contributed by atoms with E-state index in [1.54, 1.807) is 0 Å². The van der Waals surface area contributed by atoms with Crippen LogP contribution in [0.15, 0.2) is 12.1 Å². The Morgan fingerprint density at radius 2 is 2.04 bits per heavy atom. The summed E-state index contributed by atoms with van der Waals surface area (Å²) in [5, 5.41) is 16.4. The molecule has 2 aliphatic rings. The third-order valence-corrected chi connectivity index (χ3v) is 5.05. The van der Waals surface area contributed by atoms with Crippen LogP contribution in [0, 0.1) is 37.0 Å². The van der Waals surface area contributed by atoms with Gasteiger partial charge in [-0.25, -0.2) is 9.97 Å². The first kappa shape index (κ1) is 14.2. The highest BCUT2D eigenvalue weighted by atomic mass is 15.3. The zero-order valence-corrected chi connectivity index (χ0v) is 13.5. The molecule has 1 aliphatic heterocycles. The van der Waals surface area contributed by atoms with Gasteiger partial charge in [-0.2, -0.15) is 10.4 Å². The topological polar surface area (TPSA) is 81.5 Å². The van der Waals surface area contributed by atoms with Gasteiger partial charge in [-0.05, 0) is 50.7 Å². The monoisotopic (exact) mass is 308 g/mol. The molecule has 2 aromatic heterocycles. The van der Waals surface area contributed by atoms with E-state index in [1.807, 2.05) is 26.0 Å². The first-order valence-corrected chi connectivity index (χ1v) is 8.17. The quantitative estimate of drug-likeness (QED) is 0.941. The van der Waals surface area contributed by atoms with Crippen LogP contribution in [0.25, 0.3) is 0 Å². The van der Waals surface area contributed by atoms with Gasteiger partial charge in [0.1, 0.15) is 17.7 Å². The molecule has 1 N–H and O–H groups in total. The molecule has 6 nitrogen and oxygen atoms in total. The fraction of sp³-hybridized carbons (Fsp3) is 0.529. The molecular weight excluding hydrogens is 288 g/mol. The maximum atomic E-state index is 9.07. The molecule has 23 heavy (non-hydrogen) atoms. The summed E-state index contributed by atoms with van der Waals surface area (Å²) in [6.45, 7) is 5.74. The number of hydrogen-bond acceptors (Lipinski definition) is 5. The van der Waals surface area contributed by atoms with E-state index in [-0.39, 0.29) is 0 Å². The Labute approximate surface area is 135 Å². The third-order valence-electron chi connectivity index (χ3n) is 5.05. The van der Waals surface area contributed by atoms with Crippen LogP contribution in [0.3, 0.4) is 0 Å². The van der Waals surface area contributed by atoms with Crippen LogP contribution in [0.4, 0.5) is 5.82 Å². The van der Waals surface area contributed by atoms with Crippen molar-refractivity contribution < 1.29 is 0 Å². The molecule has 4 rings (SSSR count). The highest BCUT2D eigenvalue weighted by Crippen LogP contribution is 2.47. The van der Waals surface area contributed by atoms with Gasteiger partial charge in [0.15, 0.2) is 5.82 Å². The molecule has 2 atom stereocenters. The van der Waals surface area contributed by atoms with Crippen molar-refractivity contribution in [3.05, 3.63) is 35.0 Å². The SMILES string of the molecule is Cc1nc([C@@H]2CN(c3ccc(C#N)c(C)n3)C[C@H]2C2CC2)n[nH]1. The lowest BCUT2D eigenvalue weighted by Crippen LogP contribution is -2.21. The summed E-state index contributed by atoms with van der Waals surface area (Å²) < 4.78 is 0. The van der Waals surface area contributed by atoms with Gasteiger partial charge in [0.25, 0.3) is 0 Å². The number of pyridine rings is 1. The van der Waals surface area contributed by atoms with Crippen molar-refractivity contribution in [1.29, 1.82) is 5.26 Å². The second-order valence-corrected chi connectivity index (χ2v) is 6.71. The van der Waals surface area contributed by atoms with E-state index in [2.05, 4.69) is 31.1 Å². The van der Waals surface area contributed by atoms with Crippen molar-refractivity contribution in [3.8, 4) is 6.07 Å². The van der Waals surface area contributed by atoms with Crippen molar-refractivity contribution in [2.24, 2.45) is 11.8 Å². The van der Waals surface area contributed by atoms with E-state index in [9.17, 15) is 0 Å². The maximum Gasteiger partial charge on any atom is 0.155 e. The number of anilines is 1. The van der Waals surface area contributed by atoms with E-state index in [0.29, 0.717) is 17.4 Å². The van der Waals surface area contributed by atoms with Gasteiger partial charge in [0.05, 0.1) is 11.3 Å². The number of aromatic amines is 1. The average molecular weight is 308 g/mol. The number of H-pyrrole nitrogens is 1. The molecular formula is C17H20N6. The summed E-state index contributed by atoms with van der Waals surface area (Å²) in [4.78, 5) is 11.5. The Bertz CT molecular complexity index is 770. The van der Waals surface area contributed by atoms with Crippen LogP contribution in [0.2, 0.25) is 0 Å². The van der Waals surface area contributed by atoms with Crippen molar-refractivity contribution in [2.75, 3.05) is 18.0 Å². The number of hydrogen-bond donors (Lipinski definition) is 1. The summed E-state index contributed by atoms with van der Waals surface area (Å²) in [6.07, 6.45) is 2.64. The van der Waals surface area contributed by atoms with Crippen LogP contribution in [0.1, 0.15) is 41.7 Å². The number of aromatic nitrogens is 4. The predicted octanol–water partition coefficient (Wildman–Crippen LogP) is 2.32. The fourth-order valence-corrected chi connectivity index (χ4v) is 3.66. The number of nitriles is 1. The van der Waals surface area contributed by atoms with Gasteiger partial charge >= 0.3 is 0 Å². The van der Waals surface area contributed by atoms with Gasteiger partial charge < -0.3 is 4.90 Å². The highest BCUT2D eigenvalue weighted by Gasteiger charge is 2.44. The zero-order chi connectivity index (χ0) is 16.0. The summed E-state index contributed by atoms with van der Waals surface area (Å²) in [5.74, 6) is 4.53. The molecule has 2 aromatic rings. The molecule has 0 amide bonds. The van der Waals surface area contributed by atoms with E-state index in [1.165, 1.54) is 12.8 Å². The number of rotatable bonds is 3. The van der Waals surface area contributed by atoms with Gasteiger partial charge in [-0.15, -0.1) is 0 Å². The highest BCUT2D eigenvalue weighted by molar-refractivity contribution is 5.47. The second-order valence-electron chi connectivity index (χ2n) is 6.71. The standard InChI is InChI=1S/C17H20N6/c1-10-13(7-18)5-6-16(19-10)23-8-14(12-3-4-12)15(9-23)17-20-11(2)21-22-17/h5-6,12,14-15H,3-4,8-9H2,1-2H3,(H,20,21,22)/t14-,15+/m0/s1. The van der Waals surface area contributed by atoms with Gasteiger partial charge in [-0.1, -0.05) is 0 Å². The molecule has 1 saturated heterocycles. The summed E-state index contributed by atoms with van der Waals surface area (Å²) in [7, 11) is 0. The van der Waals surface area contributed by atoms with Crippen molar-refractivity contribution >= 4 is 5.82 Å². The van der Waals surface area contributed by atoms with Crippen molar-refractivity contribution in [3.63, 3.8) is 0 Å². The van der Waals surface area contributed by atoms with Crippen LogP contribution in [0.5, 0.6) is 0 Å². The van der Waals surface area contributed by atoms with Gasteiger partial charge in [-0.3, -0.25) is 5.10 Å². The zero-order valence-electron chi connectivity index (χ0n) is 13.5. The number of aryl methyl sites for hydroxylation is 2.